The molecule has 1 atom stereocenters. The van der Waals surface area contributed by atoms with Crippen molar-refractivity contribution in [1.82, 2.24) is 19.6 Å². The van der Waals surface area contributed by atoms with Crippen LogP contribution in [0.2, 0.25) is 0 Å². The molecule has 1 N–H and O–H groups in total. The first-order chi connectivity index (χ1) is 8.54. The zero-order chi connectivity index (χ0) is 13.3. The molecule has 2 rings (SSSR count). The van der Waals surface area contributed by atoms with E-state index in [1.165, 1.54) is 0 Å². The molecule has 6 heteroatoms. The second kappa shape index (κ2) is 5.24. The monoisotopic (exact) mass is 312 g/mol. The SMILES string of the molecule is CCn1cc(C(O)c2c(Br)cnn2C(C)C)cn1. The maximum absolute atomic E-state index is 10.5. The Morgan fingerprint density at radius 1 is 1.33 bits per heavy atom. The van der Waals surface area contributed by atoms with Gasteiger partial charge < -0.3 is 5.11 Å². The van der Waals surface area contributed by atoms with Crippen LogP contribution in [-0.4, -0.2) is 24.7 Å². The molecule has 0 bridgehead atoms. The summed E-state index contributed by atoms with van der Waals surface area (Å²) in [6.07, 6.45) is 4.54. The zero-order valence-electron chi connectivity index (χ0n) is 10.7. The lowest BCUT2D eigenvalue weighted by Crippen LogP contribution is -2.12. The molecular weight excluding hydrogens is 296 g/mol. The van der Waals surface area contributed by atoms with Gasteiger partial charge >= 0.3 is 0 Å². The van der Waals surface area contributed by atoms with Crippen molar-refractivity contribution in [2.45, 2.75) is 39.5 Å². The van der Waals surface area contributed by atoms with E-state index in [0.29, 0.717) is 0 Å². The summed E-state index contributed by atoms with van der Waals surface area (Å²) in [5, 5.41) is 18.9. The number of hydrogen-bond donors (Lipinski definition) is 1. The maximum atomic E-state index is 10.5. The van der Waals surface area contributed by atoms with E-state index in [0.717, 1.165) is 22.3 Å². The molecule has 1 unspecified atom stereocenters. The highest BCUT2D eigenvalue weighted by molar-refractivity contribution is 9.10. The Morgan fingerprint density at radius 3 is 2.61 bits per heavy atom. The Kier molecular flexibility index (Phi) is 3.87. The number of halogens is 1. The average Bonchev–Trinajstić information content (AvgIpc) is 2.94. The lowest BCUT2D eigenvalue weighted by atomic mass is 10.1. The van der Waals surface area contributed by atoms with E-state index in [-0.39, 0.29) is 6.04 Å². The molecule has 0 aliphatic heterocycles. The standard InChI is InChI=1S/C12H17BrN4O/c1-4-16-7-9(5-14-16)12(18)11-10(13)6-15-17(11)8(2)3/h5-8,12,18H,4H2,1-3H3. The Hall–Kier alpha value is -1.14. The molecular formula is C12H17BrN4O. The summed E-state index contributed by atoms with van der Waals surface area (Å²) < 4.78 is 4.42. The normalized spacial score (nSPS) is 13.2. The smallest absolute Gasteiger partial charge is 0.125 e. The number of nitrogens with zero attached hydrogens (tertiary/aromatic N) is 4. The van der Waals surface area contributed by atoms with Gasteiger partial charge in [0.15, 0.2) is 0 Å². The number of aromatic nitrogens is 4. The predicted molar refractivity (Wildman–Crippen MR) is 72.3 cm³/mol. The molecule has 0 saturated heterocycles. The first-order valence-corrected chi connectivity index (χ1v) is 6.77. The van der Waals surface area contributed by atoms with Crippen LogP contribution in [0.1, 0.15) is 44.2 Å². The van der Waals surface area contributed by atoms with E-state index in [1.807, 2.05) is 31.6 Å². The van der Waals surface area contributed by atoms with Crippen molar-refractivity contribution in [3.63, 3.8) is 0 Å². The summed E-state index contributed by atoms with van der Waals surface area (Å²) in [5.41, 5.74) is 1.54. The van der Waals surface area contributed by atoms with Gasteiger partial charge in [0.05, 0.1) is 22.6 Å². The van der Waals surface area contributed by atoms with Crippen molar-refractivity contribution in [2.75, 3.05) is 0 Å². The summed E-state index contributed by atoms with van der Waals surface area (Å²) in [6.45, 7) is 6.87. The van der Waals surface area contributed by atoms with Crippen molar-refractivity contribution in [1.29, 1.82) is 0 Å². The van der Waals surface area contributed by atoms with Gasteiger partial charge in [-0.1, -0.05) is 0 Å². The molecule has 5 nitrogen and oxygen atoms in total. The predicted octanol–water partition coefficient (Wildman–Crippen LogP) is 2.52. The molecule has 2 aromatic heterocycles. The van der Waals surface area contributed by atoms with Crippen molar-refractivity contribution in [3.05, 3.63) is 34.3 Å². The molecule has 0 amide bonds. The third-order valence-electron chi connectivity index (χ3n) is 2.83. The van der Waals surface area contributed by atoms with Crippen molar-refractivity contribution in [3.8, 4) is 0 Å². The fourth-order valence-electron chi connectivity index (χ4n) is 1.87. The van der Waals surface area contributed by atoms with Gasteiger partial charge in [0.25, 0.3) is 0 Å². The minimum atomic E-state index is -0.718. The number of rotatable bonds is 4. The molecule has 0 aromatic carbocycles. The summed E-state index contributed by atoms with van der Waals surface area (Å²) in [5.74, 6) is 0. The van der Waals surface area contributed by atoms with Gasteiger partial charge in [0.1, 0.15) is 6.10 Å². The molecule has 18 heavy (non-hydrogen) atoms. The summed E-state index contributed by atoms with van der Waals surface area (Å²) in [7, 11) is 0. The summed E-state index contributed by atoms with van der Waals surface area (Å²) in [4.78, 5) is 0. The third kappa shape index (κ3) is 2.35. The van der Waals surface area contributed by atoms with Crippen LogP contribution < -0.4 is 0 Å². The van der Waals surface area contributed by atoms with Gasteiger partial charge in [-0.25, -0.2) is 0 Å². The van der Waals surface area contributed by atoms with E-state index in [2.05, 4.69) is 26.1 Å². The molecule has 0 aliphatic rings. The van der Waals surface area contributed by atoms with E-state index in [1.54, 1.807) is 17.1 Å². The maximum Gasteiger partial charge on any atom is 0.125 e. The molecule has 0 aliphatic carbocycles. The number of aryl methyl sites for hydroxylation is 1. The topological polar surface area (TPSA) is 55.9 Å². The summed E-state index contributed by atoms with van der Waals surface area (Å²) in [6, 6.07) is 0.196. The minimum absolute atomic E-state index is 0.196. The Bertz CT molecular complexity index is 532. The van der Waals surface area contributed by atoms with E-state index >= 15 is 0 Å². The van der Waals surface area contributed by atoms with Crippen molar-refractivity contribution >= 4 is 15.9 Å². The van der Waals surface area contributed by atoms with Crippen LogP contribution >= 0.6 is 15.9 Å². The van der Waals surface area contributed by atoms with Gasteiger partial charge in [-0.15, -0.1) is 0 Å². The van der Waals surface area contributed by atoms with Gasteiger partial charge in [0.2, 0.25) is 0 Å². The van der Waals surface area contributed by atoms with Crippen LogP contribution in [0.3, 0.4) is 0 Å². The van der Waals surface area contributed by atoms with Gasteiger partial charge in [-0.3, -0.25) is 9.36 Å². The molecule has 2 aromatic rings. The van der Waals surface area contributed by atoms with E-state index in [9.17, 15) is 5.11 Å². The fraction of sp³-hybridized carbons (Fsp3) is 0.500. The van der Waals surface area contributed by atoms with Gasteiger partial charge in [0, 0.05) is 24.3 Å². The molecule has 0 spiro atoms. The fourth-order valence-corrected chi connectivity index (χ4v) is 2.36. The van der Waals surface area contributed by atoms with E-state index in [4.69, 9.17) is 0 Å². The molecule has 2 heterocycles. The van der Waals surface area contributed by atoms with Crippen molar-refractivity contribution in [2.24, 2.45) is 0 Å². The lowest BCUT2D eigenvalue weighted by molar-refractivity contribution is 0.204. The number of hydrogen-bond acceptors (Lipinski definition) is 3. The minimum Gasteiger partial charge on any atom is -0.382 e. The third-order valence-corrected chi connectivity index (χ3v) is 3.44. The lowest BCUT2D eigenvalue weighted by Gasteiger charge is -2.15. The second-order valence-electron chi connectivity index (χ2n) is 4.45. The van der Waals surface area contributed by atoms with Crippen LogP contribution in [-0.2, 0) is 6.54 Å². The number of aliphatic hydroxyl groups excluding tert-OH is 1. The van der Waals surface area contributed by atoms with Crippen LogP contribution in [0.25, 0.3) is 0 Å². The van der Waals surface area contributed by atoms with Gasteiger partial charge in [-0.05, 0) is 36.7 Å². The largest absolute Gasteiger partial charge is 0.382 e. The molecule has 0 radical (unpaired) electrons. The first-order valence-electron chi connectivity index (χ1n) is 5.97. The van der Waals surface area contributed by atoms with E-state index < -0.39 is 6.10 Å². The number of aliphatic hydroxyl groups is 1. The van der Waals surface area contributed by atoms with Gasteiger partial charge in [-0.2, -0.15) is 10.2 Å². The highest BCUT2D eigenvalue weighted by Gasteiger charge is 2.22. The van der Waals surface area contributed by atoms with Crippen LogP contribution in [0, 0.1) is 0 Å². The van der Waals surface area contributed by atoms with Crippen molar-refractivity contribution < 1.29 is 5.11 Å². The zero-order valence-corrected chi connectivity index (χ0v) is 12.3. The van der Waals surface area contributed by atoms with Crippen LogP contribution in [0.15, 0.2) is 23.1 Å². The molecule has 98 valence electrons. The highest BCUT2D eigenvalue weighted by Crippen LogP contribution is 2.30. The summed E-state index contributed by atoms with van der Waals surface area (Å²) >= 11 is 3.44. The quantitative estimate of drug-likeness (QED) is 0.943. The molecule has 0 fully saturated rings. The highest BCUT2D eigenvalue weighted by atomic mass is 79.9. The second-order valence-corrected chi connectivity index (χ2v) is 5.30. The first kappa shape index (κ1) is 13.3. The average molecular weight is 313 g/mol. The Balaban J connectivity index is 2.38. The molecule has 0 saturated carbocycles. The van der Waals surface area contributed by atoms with Crippen LogP contribution in [0.4, 0.5) is 0 Å². The Morgan fingerprint density at radius 2 is 2.06 bits per heavy atom. The van der Waals surface area contributed by atoms with Crippen LogP contribution in [0.5, 0.6) is 0 Å². The Labute approximate surface area is 115 Å².